The van der Waals surface area contributed by atoms with E-state index in [4.69, 9.17) is 9.78 Å². The monoisotopic (exact) mass is 244 g/mol. The van der Waals surface area contributed by atoms with Gasteiger partial charge in [-0.2, -0.15) is 10.2 Å². The van der Waals surface area contributed by atoms with Crippen molar-refractivity contribution in [3.8, 4) is 6.07 Å². The summed E-state index contributed by atoms with van der Waals surface area (Å²) in [4.78, 5) is 16.1. The molecule has 0 saturated heterocycles. The lowest BCUT2D eigenvalue weighted by atomic mass is 10.2. The zero-order chi connectivity index (χ0) is 13.1. The summed E-state index contributed by atoms with van der Waals surface area (Å²) >= 11 is 0. The molecule has 2 aromatic rings. The first-order valence-electron chi connectivity index (χ1n) is 5.57. The first kappa shape index (κ1) is 12.0. The van der Waals surface area contributed by atoms with Crippen LogP contribution in [0.15, 0.2) is 21.5 Å². The van der Waals surface area contributed by atoms with Crippen molar-refractivity contribution in [2.75, 3.05) is 0 Å². The summed E-state index contributed by atoms with van der Waals surface area (Å²) in [6, 6.07) is 5.10. The number of pyridine rings is 1. The molecule has 2 heterocycles. The van der Waals surface area contributed by atoms with Crippen molar-refractivity contribution in [1.82, 2.24) is 14.7 Å². The summed E-state index contributed by atoms with van der Waals surface area (Å²) in [6.07, 6.45) is 0.676. The number of aromatic nitrogens is 3. The normalized spacial score (nSPS) is 10.3. The third-order valence-electron chi connectivity index (χ3n) is 2.63. The van der Waals surface area contributed by atoms with Gasteiger partial charge in [-0.05, 0) is 19.1 Å². The Kier molecular flexibility index (Phi) is 3.24. The van der Waals surface area contributed by atoms with Crippen molar-refractivity contribution in [1.29, 1.82) is 5.26 Å². The van der Waals surface area contributed by atoms with Crippen molar-refractivity contribution >= 4 is 0 Å². The van der Waals surface area contributed by atoms with Crippen LogP contribution in [-0.2, 0) is 13.0 Å². The summed E-state index contributed by atoms with van der Waals surface area (Å²) in [5, 5.41) is 12.6. The molecule has 0 radical (unpaired) electrons. The Bertz CT molecular complexity index is 663. The van der Waals surface area contributed by atoms with Crippen LogP contribution in [0.3, 0.4) is 0 Å². The molecule has 0 aliphatic rings. The predicted molar refractivity (Wildman–Crippen MR) is 62.9 cm³/mol. The molecule has 0 spiro atoms. The quantitative estimate of drug-likeness (QED) is 0.804. The summed E-state index contributed by atoms with van der Waals surface area (Å²) in [6.45, 7) is 3.90. The molecular weight excluding hydrogens is 232 g/mol. The average Bonchev–Trinajstić information content (AvgIpc) is 2.82. The molecule has 0 aliphatic heterocycles. The molecule has 2 aromatic heterocycles. The fourth-order valence-corrected chi connectivity index (χ4v) is 1.59. The van der Waals surface area contributed by atoms with Gasteiger partial charge in [0.1, 0.15) is 18.2 Å². The molecule has 0 saturated carbocycles. The molecule has 0 unspecified atom stereocenters. The van der Waals surface area contributed by atoms with Gasteiger partial charge >= 0.3 is 0 Å². The zero-order valence-corrected chi connectivity index (χ0v) is 10.2. The van der Waals surface area contributed by atoms with E-state index in [1.54, 1.807) is 13.0 Å². The smallest absolute Gasteiger partial charge is 0.269 e. The first-order chi connectivity index (χ1) is 8.65. The second-order valence-corrected chi connectivity index (χ2v) is 3.85. The van der Waals surface area contributed by atoms with Crippen LogP contribution >= 0.6 is 0 Å². The maximum absolute atomic E-state index is 12.0. The van der Waals surface area contributed by atoms with Crippen molar-refractivity contribution in [3.63, 3.8) is 0 Å². The fourth-order valence-electron chi connectivity index (χ4n) is 1.59. The van der Waals surface area contributed by atoms with Crippen LogP contribution in [0.2, 0.25) is 0 Å². The highest BCUT2D eigenvalue weighted by Crippen LogP contribution is 2.03. The Morgan fingerprint density at radius 3 is 2.89 bits per heavy atom. The van der Waals surface area contributed by atoms with Gasteiger partial charge in [0.05, 0.1) is 0 Å². The first-order valence-corrected chi connectivity index (χ1v) is 5.57. The van der Waals surface area contributed by atoms with Gasteiger partial charge < -0.3 is 9.09 Å². The number of rotatable bonds is 3. The molecule has 0 amide bonds. The van der Waals surface area contributed by atoms with Crippen LogP contribution in [0.4, 0.5) is 0 Å². The number of nitriles is 1. The van der Waals surface area contributed by atoms with Crippen molar-refractivity contribution in [3.05, 3.63) is 45.5 Å². The van der Waals surface area contributed by atoms with Crippen LogP contribution < -0.4 is 5.56 Å². The predicted octanol–water partition coefficient (Wildman–Crippen LogP) is 1.02. The summed E-state index contributed by atoms with van der Waals surface area (Å²) in [5.74, 6) is 0.972. The minimum absolute atomic E-state index is 0.107. The molecule has 2 rings (SSSR count). The van der Waals surface area contributed by atoms with Crippen LogP contribution in [0.1, 0.15) is 29.9 Å². The van der Waals surface area contributed by atoms with Crippen molar-refractivity contribution in [2.24, 2.45) is 0 Å². The van der Waals surface area contributed by atoms with Crippen LogP contribution in [0, 0.1) is 18.3 Å². The van der Waals surface area contributed by atoms with Gasteiger partial charge in [-0.3, -0.25) is 4.79 Å². The Hall–Kier alpha value is -2.42. The average molecular weight is 244 g/mol. The molecule has 0 bridgehead atoms. The van der Waals surface area contributed by atoms with Crippen LogP contribution in [0.25, 0.3) is 0 Å². The molecule has 0 aromatic carbocycles. The lowest BCUT2D eigenvalue weighted by Gasteiger charge is -2.06. The minimum atomic E-state index is -0.339. The highest BCUT2D eigenvalue weighted by atomic mass is 16.5. The van der Waals surface area contributed by atoms with Gasteiger partial charge in [0.25, 0.3) is 5.56 Å². The number of hydrogen-bond acceptors (Lipinski definition) is 5. The summed E-state index contributed by atoms with van der Waals surface area (Å²) in [5.41, 5.74) is 0.514. The molecule has 0 atom stereocenters. The lowest BCUT2D eigenvalue weighted by Crippen LogP contribution is -2.25. The van der Waals surface area contributed by atoms with Gasteiger partial charge in [-0.1, -0.05) is 12.1 Å². The van der Waals surface area contributed by atoms with E-state index < -0.39 is 0 Å². The SMILES string of the molecule is CCc1noc(Cn2c(C)ccc(C#N)c2=O)n1. The van der Waals surface area contributed by atoms with E-state index in [0.717, 1.165) is 5.69 Å². The summed E-state index contributed by atoms with van der Waals surface area (Å²) in [7, 11) is 0. The van der Waals surface area contributed by atoms with Gasteiger partial charge in [0.15, 0.2) is 5.82 Å². The highest BCUT2D eigenvalue weighted by molar-refractivity contribution is 5.27. The third-order valence-corrected chi connectivity index (χ3v) is 2.63. The number of aryl methyl sites for hydroxylation is 2. The second kappa shape index (κ2) is 4.84. The van der Waals surface area contributed by atoms with Crippen LogP contribution in [-0.4, -0.2) is 14.7 Å². The van der Waals surface area contributed by atoms with E-state index in [2.05, 4.69) is 10.1 Å². The highest BCUT2D eigenvalue weighted by Gasteiger charge is 2.10. The Labute approximate surface area is 103 Å². The third kappa shape index (κ3) is 2.15. The van der Waals surface area contributed by atoms with E-state index in [0.29, 0.717) is 18.1 Å². The minimum Gasteiger partial charge on any atom is -0.337 e. The molecule has 0 fully saturated rings. The zero-order valence-electron chi connectivity index (χ0n) is 10.2. The fraction of sp³-hybridized carbons (Fsp3) is 0.333. The molecule has 18 heavy (non-hydrogen) atoms. The molecule has 6 nitrogen and oxygen atoms in total. The van der Waals surface area contributed by atoms with E-state index in [9.17, 15) is 4.79 Å². The van der Waals surface area contributed by atoms with E-state index in [-0.39, 0.29) is 17.7 Å². The van der Waals surface area contributed by atoms with Crippen molar-refractivity contribution in [2.45, 2.75) is 26.8 Å². The standard InChI is InChI=1S/C12H12N4O2/c1-3-10-14-11(18-15-10)7-16-8(2)4-5-9(6-13)12(16)17/h4-5H,3,7H2,1-2H3. The van der Waals surface area contributed by atoms with E-state index in [1.165, 1.54) is 10.6 Å². The van der Waals surface area contributed by atoms with Crippen molar-refractivity contribution < 1.29 is 4.52 Å². The summed E-state index contributed by atoms with van der Waals surface area (Å²) < 4.78 is 6.49. The molecule has 92 valence electrons. The lowest BCUT2D eigenvalue weighted by molar-refractivity contribution is 0.364. The van der Waals surface area contributed by atoms with Gasteiger partial charge in [-0.25, -0.2) is 0 Å². The van der Waals surface area contributed by atoms with E-state index in [1.807, 2.05) is 13.0 Å². The van der Waals surface area contributed by atoms with Gasteiger partial charge in [0, 0.05) is 12.1 Å². The van der Waals surface area contributed by atoms with Gasteiger partial charge in [0.2, 0.25) is 5.89 Å². The van der Waals surface area contributed by atoms with Crippen LogP contribution in [0.5, 0.6) is 0 Å². The topological polar surface area (TPSA) is 84.7 Å². The largest absolute Gasteiger partial charge is 0.337 e. The Morgan fingerprint density at radius 2 is 2.28 bits per heavy atom. The second-order valence-electron chi connectivity index (χ2n) is 3.85. The molecule has 0 N–H and O–H groups in total. The number of nitrogens with zero attached hydrogens (tertiary/aromatic N) is 4. The van der Waals surface area contributed by atoms with Gasteiger partial charge in [-0.15, -0.1) is 0 Å². The number of hydrogen-bond donors (Lipinski definition) is 0. The molecule has 6 heteroatoms. The molecular formula is C12H12N4O2. The Balaban J connectivity index is 2.40. The molecule has 0 aliphatic carbocycles. The van der Waals surface area contributed by atoms with E-state index >= 15 is 0 Å². The maximum Gasteiger partial charge on any atom is 0.269 e. The Morgan fingerprint density at radius 1 is 1.50 bits per heavy atom. The maximum atomic E-state index is 12.0.